The van der Waals surface area contributed by atoms with Crippen molar-refractivity contribution >= 4 is 78.0 Å². The highest BCUT2D eigenvalue weighted by Gasteiger charge is 2.84. The van der Waals surface area contributed by atoms with Crippen molar-refractivity contribution in [2.75, 3.05) is 9.80 Å². The predicted molar refractivity (Wildman–Crippen MR) is 329 cm³/mol. The lowest BCUT2D eigenvalue weighted by Gasteiger charge is -2.67. The van der Waals surface area contributed by atoms with Crippen LogP contribution >= 0.6 is 11.3 Å². The van der Waals surface area contributed by atoms with Gasteiger partial charge in [-0.3, -0.25) is 0 Å². The van der Waals surface area contributed by atoms with Gasteiger partial charge in [0, 0.05) is 43.2 Å². The summed E-state index contributed by atoms with van der Waals surface area (Å²) in [4.78, 5) is 5.67. The van der Waals surface area contributed by atoms with Crippen LogP contribution < -0.4 is 25.5 Å². The molecule has 9 atom stereocenters. The molecule has 77 heavy (non-hydrogen) atoms. The first-order chi connectivity index (χ1) is 36.5. The molecule has 0 N–H and O–H groups in total. The molecule has 7 aromatic rings. The Kier molecular flexibility index (Phi) is 9.35. The molecule has 4 heteroatoms. The zero-order valence-corrected chi connectivity index (χ0v) is 49.4. The van der Waals surface area contributed by atoms with Crippen LogP contribution in [-0.2, 0) is 32.5 Å². The second-order valence-electron chi connectivity index (χ2n) is 31.5. The summed E-state index contributed by atoms with van der Waals surface area (Å²) in [7, 11) is 0. The van der Waals surface area contributed by atoms with Crippen molar-refractivity contribution < 1.29 is 0 Å². The van der Waals surface area contributed by atoms with Crippen LogP contribution in [0.4, 0.5) is 34.1 Å². The van der Waals surface area contributed by atoms with Crippen LogP contribution in [0, 0.1) is 46.8 Å². The number of anilines is 6. The molecule has 0 saturated heterocycles. The number of fused-ring (bicyclic) bond motifs is 8. The fraction of sp³-hybridized carbons (Fsp3) is 0.479. The largest absolute Gasteiger partial charge is 0.311 e. The third-order valence-electron chi connectivity index (χ3n) is 23.4. The minimum absolute atomic E-state index is 0.0156. The van der Waals surface area contributed by atoms with Crippen LogP contribution in [0.2, 0.25) is 0 Å². The summed E-state index contributed by atoms with van der Waals surface area (Å²) >= 11 is 2.06. The molecular formula is C73H81BN2S. The molecule has 392 valence electrons. The molecule has 7 saturated carbocycles. The van der Waals surface area contributed by atoms with Crippen LogP contribution in [-0.4, -0.2) is 6.71 Å². The quantitative estimate of drug-likeness (QED) is 0.162. The Bertz CT molecular complexity index is 3690. The van der Waals surface area contributed by atoms with Gasteiger partial charge in [0.1, 0.15) is 0 Å². The fourth-order valence-electron chi connectivity index (χ4n) is 19.6. The molecule has 1 aromatic heterocycles. The van der Waals surface area contributed by atoms with Crippen LogP contribution in [0.5, 0.6) is 0 Å². The normalized spacial score (nSPS) is 30.1. The molecule has 0 amide bonds. The van der Waals surface area contributed by atoms with Crippen molar-refractivity contribution in [2.45, 2.75) is 174 Å². The van der Waals surface area contributed by atoms with E-state index in [0.717, 1.165) is 41.4 Å². The zero-order valence-electron chi connectivity index (χ0n) is 48.5. The first kappa shape index (κ1) is 47.9. The van der Waals surface area contributed by atoms with E-state index < -0.39 is 0 Å². The topological polar surface area (TPSA) is 6.48 Å². The molecule has 6 aromatic carbocycles. The van der Waals surface area contributed by atoms with Gasteiger partial charge in [-0.25, -0.2) is 0 Å². The van der Waals surface area contributed by atoms with E-state index in [1.807, 2.05) is 0 Å². The predicted octanol–water partition coefficient (Wildman–Crippen LogP) is 17.9. The second-order valence-corrected chi connectivity index (χ2v) is 32.5. The van der Waals surface area contributed by atoms with E-state index in [0.29, 0.717) is 5.41 Å². The Labute approximate surface area is 465 Å². The lowest BCUT2D eigenvalue weighted by atomic mass is 9.35. The van der Waals surface area contributed by atoms with Gasteiger partial charge in [0.25, 0.3) is 6.71 Å². The highest BCUT2D eigenvalue weighted by molar-refractivity contribution is 7.33. The summed E-state index contributed by atoms with van der Waals surface area (Å²) in [5.74, 6) is 6.75. The lowest BCUT2D eigenvalue weighted by molar-refractivity contribution is -0.153. The monoisotopic (exact) mass is 1030 g/mol. The Balaban J connectivity index is 1.02. The van der Waals surface area contributed by atoms with E-state index >= 15 is 0 Å². The molecule has 2 aliphatic heterocycles. The molecule has 1 spiro atoms. The van der Waals surface area contributed by atoms with E-state index in [1.54, 1.807) is 5.56 Å². The van der Waals surface area contributed by atoms with E-state index in [4.69, 9.17) is 0 Å². The molecule has 0 radical (unpaired) electrons. The number of rotatable bonds is 4. The maximum absolute atomic E-state index is 2.86. The van der Waals surface area contributed by atoms with Gasteiger partial charge in [-0.2, -0.15) is 0 Å². The van der Waals surface area contributed by atoms with Crippen molar-refractivity contribution in [2.24, 2.45) is 46.8 Å². The number of hydrogen-bond donors (Lipinski definition) is 0. The maximum atomic E-state index is 2.86. The summed E-state index contributed by atoms with van der Waals surface area (Å²) < 4.78 is 2.87. The summed E-state index contributed by atoms with van der Waals surface area (Å²) in [6.07, 6.45) is 11.2. The summed E-state index contributed by atoms with van der Waals surface area (Å²) in [6, 6.07) is 47.8. The smallest absolute Gasteiger partial charge is 0.264 e. The molecule has 17 rings (SSSR count). The van der Waals surface area contributed by atoms with E-state index in [1.165, 1.54) is 150 Å². The van der Waals surface area contributed by atoms with Crippen LogP contribution in [0.1, 0.15) is 175 Å². The van der Waals surface area contributed by atoms with Gasteiger partial charge in [-0.05, 0) is 229 Å². The van der Waals surface area contributed by atoms with E-state index in [2.05, 4.69) is 226 Å². The minimum Gasteiger partial charge on any atom is -0.311 e. The Morgan fingerprint density at radius 2 is 1.19 bits per heavy atom. The van der Waals surface area contributed by atoms with Crippen LogP contribution in [0.25, 0.3) is 21.2 Å². The van der Waals surface area contributed by atoms with Crippen molar-refractivity contribution in [3.63, 3.8) is 0 Å². The van der Waals surface area contributed by atoms with Crippen molar-refractivity contribution in [3.05, 3.63) is 149 Å². The van der Waals surface area contributed by atoms with Gasteiger partial charge in [0.2, 0.25) is 0 Å². The molecule has 2 nitrogen and oxygen atoms in total. The van der Waals surface area contributed by atoms with E-state index in [9.17, 15) is 0 Å². The Morgan fingerprint density at radius 1 is 0.558 bits per heavy atom. The molecule has 7 fully saturated rings. The third-order valence-corrected chi connectivity index (χ3v) is 24.6. The standard InChI is InChI=1S/C73H81BN2S/c1-67(2,3)43-20-18-42(19-21-43)49-33-44(68(4,5)6)22-26-58(49)76-59-27-23-45(69(7,8)9)34-57(59)74-64-60(35-46(36-61(64)76)72-38-51-50-30-41-31-54(51)73(40-72)56(32-41)63(73)52(50)39-72)75(65-48-16-14-15-17-62(48)77-66(65)74)47-24-25-53-55(37-47)71(12,13)29-28-70(53,10)11/h14-27,33-37,41,50-52,54,56,63H,28-32,38-40H2,1-13H3/t41?,50-,51?,52?,54-,56?,63?,72-,73?/m1/s1. The maximum Gasteiger partial charge on any atom is 0.264 e. The van der Waals surface area contributed by atoms with Crippen molar-refractivity contribution in [1.29, 1.82) is 0 Å². The third kappa shape index (κ3) is 6.38. The first-order valence-electron chi connectivity index (χ1n) is 30.3. The number of benzene rings is 6. The molecular weight excluding hydrogens is 948 g/mol. The summed E-state index contributed by atoms with van der Waals surface area (Å²) in [6.45, 7) is 31.5. The minimum atomic E-state index is -0.0219. The van der Waals surface area contributed by atoms with Gasteiger partial charge < -0.3 is 9.80 Å². The van der Waals surface area contributed by atoms with E-state index in [-0.39, 0.29) is 39.2 Å². The average molecular weight is 1030 g/mol. The molecule has 6 unspecified atom stereocenters. The molecule has 10 aliphatic rings. The second kappa shape index (κ2) is 15.0. The highest BCUT2D eigenvalue weighted by atomic mass is 32.1. The number of hydrogen-bond acceptors (Lipinski definition) is 3. The van der Waals surface area contributed by atoms with Gasteiger partial charge in [0.05, 0.1) is 11.4 Å². The average Bonchev–Trinajstić information content (AvgIpc) is 2.84. The highest BCUT2D eigenvalue weighted by Crippen LogP contribution is 2.90. The summed E-state index contributed by atoms with van der Waals surface area (Å²) in [5.41, 5.74) is 23.6. The van der Waals surface area contributed by atoms with Gasteiger partial charge in [-0.1, -0.05) is 157 Å². The SMILES string of the molecule is CC(C)(C)c1ccc(-c2cc(C(C)(C)C)ccc2N2c3ccc(C(C)(C)C)cc3B3c4sc5ccccc5c4N(c4ccc5c(c4)C(C)(C)CCC5(C)C)c4cc([C@@]56CC7C8C9CC%10C[C@@H]7C(C5)[C@@H](C%10)C98C6)cc2c43)cc1. The van der Waals surface area contributed by atoms with Crippen molar-refractivity contribution in [1.82, 2.24) is 0 Å². The Hall–Kier alpha value is -5.06. The lowest BCUT2D eigenvalue weighted by Crippen LogP contribution is -2.62. The Morgan fingerprint density at radius 3 is 1.92 bits per heavy atom. The number of nitrogens with zero attached hydrogens (tertiary/aromatic N) is 2. The summed E-state index contributed by atoms with van der Waals surface area (Å²) in [5, 5.41) is 1.39. The zero-order chi connectivity index (χ0) is 53.0. The molecule has 3 heterocycles. The van der Waals surface area contributed by atoms with Crippen LogP contribution in [0.3, 0.4) is 0 Å². The number of thiophene rings is 1. The molecule has 8 aliphatic carbocycles. The van der Waals surface area contributed by atoms with Gasteiger partial charge in [-0.15, -0.1) is 11.3 Å². The first-order valence-corrected chi connectivity index (χ1v) is 31.1. The van der Waals surface area contributed by atoms with Crippen molar-refractivity contribution in [3.8, 4) is 11.1 Å². The fourth-order valence-corrected chi connectivity index (χ4v) is 20.9. The van der Waals surface area contributed by atoms with Crippen LogP contribution in [0.15, 0.2) is 115 Å². The van der Waals surface area contributed by atoms with Gasteiger partial charge >= 0.3 is 0 Å². The molecule has 7 bridgehead atoms. The van der Waals surface area contributed by atoms with Gasteiger partial charge in [0.15, 0.2) is 0 Å².